The van der Waals surface area contributed by atoms with Crippen LogP contribution in [0.1, 0.15) is 31.7 Å². The van der Waals surface area contributed by atoms with Crippen molar-refractivity contribution in [3.63, 3.8) is 0 Å². The summed E-state index contributed by atoms with van der Waals surface area (Å²) < 4.78 is 26.6. The van der Waals surface area contributed by atoms with Crippen molar-refractivity contribution in [1.29, 1.82) is 0 Å². The van der Waals surface area contributed by atoms with E-state index in [0.29, 0.717) is 12.2 Å². The molecule has 0 radical (unpaired) electrons. The molecule has 1 aliphatic rings. The molecule has 36 heavy (non-hydrogen) atoms. The molecule has 2 heterocycles. The first-order valence-corrected chi connectivity index (χ1v) is 16.6. The van der Waals surface area contributed by atoms with E-state index in [1.807, 2.05) is 30.3 Å². The van der Waals surface area contributed by atoms with Crippen molar-refractivity contribution < 1.29 is 23.8 Å². The molecule has 0 aliphatic carbocycles. The van der Waals surface area contributed by atoms with Crippen LogP contribution in [0.15, 0.2) is 47.4 Å². The lowest BCUT2D eigenvalue weighted by Crippen LogP contribution is -2.36. The maximum atomic E-state index is 13.6. The van der Waals surface area contributed by atoms with Crippen LogP contribution >= 0.6 is 40.9 Å². The maximum absolute atomic E-state index is 13.6. The number of nitrogen functional groups attached to an aromatic ring is 1. The van der Waals surface area contributed by atoms with Gasteiger partial charge in [-0.05, 0) is 18.1 Å². The van der Waals surface area contributed by atoms with Gasteiger partial charge in [0.25, 0.3) is 0 Å². The van der Waals surface area contributed by atoms with Gasteiger partial charge in [-0.1, -0.05) is 72.7 Å². The quantitative estimate of drug-likeness (QED) is 0.194. The number of nitrogens with two attached hydrogens (primary N) is 1. The van der Waals surface area contributed by atoms with Crippen LogP contribution in [0.5, 0.6) is 0 Å². The van der Waals surface area contributed by atoms with E-state index in [1.165, 1.54) is 16.8 Å². The molecule has 1 saturated heterocycles. The molecule has 1 unspecified atom stereocenters. The molecule has 13 heteroatoms. The van der Waals surface area contributed by atoms with Gasteiger partial charge in [0.15, 0.2) is 0 Å². The van der Waals surface area contributed by atoms with Gasteiger partial charge in [0, 0.05) is 16.7 Å². The van der Waals surface area contributed by atoms with E-state index in [4.69, 9.17) is 14.8 Å². The van der Waals surface area contributed by atoms with Gasteiger partial charge in [0.2, 0.25) is 0 Å². The van der Waals surface area contributed by atoms with Gasteiger partial charge in [-0.25, -0.2) is 4.79 Å². The Labute approximate surface area is 223 Å². The topological polar surface area (TPSA) is 137 Å². The van der Waals surface area contributed by atoms with Crippen molar-refractivity contribution in [2.75, 3.05) is 30.9 Å². The molecule has 1 aromatic carbocycles. The summed E-state index contributed by atoms with van der Waals surface area (Å²) in [6, 6.07) is 11.1. The predicted octanol–water partition coefficient (Wildman–Crippen LogP) is 3.81. The fourth-order valence-corrected chi connectivity index (χ4v) is 8.80. The molecule has 2 aromatic rings. The van der Waals surface area contributed by atoms with Gasteiger partial charge >= 0.3 is 13.3 Å². The molecule has 200 valence electrons. The minimum absolute atomic E-state index is 0.0738. The number of nitrogens with zero attached hydrogens (tertiary/aromatic N) is 2. The molecule has 0 amide bonds. The first-order chi connectivity index (χ1) is 17.0. The normalized spacial score (nSPS) is 24.0. The Hall–Kier alpha value is -0.980. The number of aryl methyl sites for hydroxylation is 1. The van der Waals surface area contributed by atoms with Crippen molar-refractivity contribution in [2.24, 2.45) is 0 Å². The zero-order valence-electron chi connectivity index (χ0n) is 20.6. The van der Waals surface area contributed by atoms with Crippen molar-refractivity contribution >= 4 is 46.8 Å². The Morgan fingerprint density at radius 2 is 1.89 bits per heavy atom. The summed E-state index contributed by atoms with van der Waals surface area (Å²) in [7, 11) is -0.118. The lowest BCUT2D eigenvalue weighted by molar-refractivity contribution is 0.0107. The molecular formula is C23H34N3O6PS3. The van der Waals surface area contributed by atoms with Crippen LogP contribution in [-0.2, 0) is 20.0 Å². The number of anilines is 1. The Morgan fingerprint density at radius 1 is 1.17 bits per heavy atom. The van der Waals surface area contributed by atoms with Crippen LogP contribution in [0, 0.1) is 0 Å². The number of aliphatic hydroxyl groups excluding tert-OH is 2. The standard InChI is InChI=1S/C23H34N3O6PS3/c1-23(2,3)36-34-14-12-31-33(30,13-10-16-7-5-4-6-8-16)32-15-17-19(27)20(28)21(35-17)26-11-9-18(24)25-22(26)29/h4-9,11,17,19-21,27-28H,10,12-15H2,1-3H3,(H2,24,25,29)/t17-,19-,20+,21-,33?/m1/s1. The molecule has 0 bridgehead atoms. The molecule has 4 N–H and O–H groups in total. The number of aliphatic hydroxyl groups is 2. The van der Waals surface area contributed by atoms with Crippen LogP contribution in [-0.4, -0.2) is 67.1 Å². The summed E-state index contributed by atoms with van der Waals surface area (Å²) in [5.74, 6) is 0.722. The van der Waals surface area contributed by atoms with Crippen molar-refractivity contribution in [3.05, 3.63) is 58.6 Å². The third-order valence-corrected chi connectivity index (χ3v) is 11.9. The van der Waals surface area contributed by atoms with E-state index in [1.54, 1.807) is 21.6 Å². The Bertz CT molecular complexity index is 1080. The number of hydrogen-bond donors (Lipinski definition) is 3. The second-order valence-electron chi connectivity index (χ2n) is 9.31. The minimum atomic E-state index is -3.50. The maximum Gasteiger partial charge on any atom is 0.350 e. The predicted molar refractivity (Wildman–Crippen MR) is 150 cm³/mol. The van der Waals surface area contributed by atoms with E-state index < -0.39 is 36.1 Å². The monoisotopic (exact) mass is 575 g/mol. The van der Waals surface area contributed by atoms with E-state index in [9.17, 15) is 19.6 Å². The smallest absolute Gasteiger partial charge is 0.350 e. The Balaban J connectivity index is 1.63. The molecule has 3 rings (SSSR count). The summed E-state index contributed by atoms with van der Waals surface area (Å²) in [4.78, 5) is 15.9. The summed E-state index contributed by atoms with van der Waals surface area (Å²) in [6.07, 6.45) is -0.287. The van der Waals surface area contributed by atoms with Gasteiger partial charge in [0.1, 0.15) is 17.3 Å². The van der Waals surface area contributed by atoms with E-state index in [0.717, 1.165) is 17.3 Å². The summed E-state index contributed by atoms with van der Waals surface area (Å²) in [6.45, 7) is 6.53. The highest BCUT2D eigenvalue weighted by atomic mass is 33.1. The second-order valence-corrected chi connectivity index (χ2v) is 16.1. The Kier molecular flexibility index (Phi) is 10.8. The van der Waals surface area contributed by atoms with Gasteiger partial charge in [-0.3, -0.25) is 9.13 Å². The molecule has 9 nitrogen and oxygen atoms in total. The molecule has 0 spiro atoms. The fraction of sp³-hybridized carbons (Fsp3) is 0.565. The average molecular weight is 576 g/mol. The summed E-state index contributed by atoms with van der Waals surface area (Å²) in [5.41, 5.74) is 5.95. The lowest BCUT2D eigenvalue weighted by atomic mass is 10.1. The van der Waals surface area contributed by atoms with Crippen molar-refractivity contribution in [2.45, 2.75) is 54.8 Å². The van der Waals surface area contributed by atoms with E-state index in [-0.39, 0.29) is 29.9 Å². The van der Waals surface area contributed by atoms with E-state index in [2.05, 4.69) is 25.8 Å². The molecule has 0 saturated carbocycles. The van der Waals surface area contributed by atoms with Crippen LogP contribution in [0.25, 0.3) is 0 Å². The van der Waals surface area contributed by atoms with Crippen molar-refractivity contribution in [1.82, 2.24) is 9.55 Å². The molecule has 1 fully saturated rings. The lowest BCUT2D eigenvalue weighted by Gasteiger charge is -2.22. The zero-order valence-corrected chi connectivity index (χ0v) is 23.9. The molecular weight excluding hydrogens is 541 g/mol. The number of aromatic nitrogens is 2. The highest BCUT2D eigenvalue weighted by Crippen LogP contribution is 2.51. The number of hydrogen-bond acceptors (Lipinski definition) is 11. The van der Waals surface area contributed by atoms with Crippen LogP contribution in [0.2, 0.25) is 0 Å². The largest absolute Gasteiger partial charge is 0.389 e. The van der Waals surface area contributed by atoms with Crippen molar-refractivity contribution in [3.8, 4) is 0 Å². The van der Waals surface area contributed by atoms with Gasteiger partial charge in [0.05, 0.1) is 30.7 Å². The number of thioether (sulfide) groups is 1. The molecule has 5 atom stereocenters. The fourth-order valence-electron chi connectivity index (χ4n) is 3.41. The highest BCUT2D eigenvalue weighted by molar-refractivity contribution is 8.77. The van der Waals surface area contributed by atoms with Crippen LogP contribution in [0.4, 0.5) is 5.82 Å². The minimum Gasteiger partial charge on any atom is -0.389 e. The average Bonchev–Trinajstić information content (AvgIpc) is 3.10. The number of benzene rings is 1. The SMILES string of the molecule is CC(C)(C)SSCCOP(=O)(CCc1ccccc1)OC[C@H]1S[C@@H](n2ccc(N)nc2=O)[C@@H](O)[C@@H]1O. The van der Waals surface area contributed by atoms with Crippen LogP contribution < -0.4 is 11.4 Å². The summed E-state index contributed by atoms with van der Waals surface area (Å²) >= 11 is 1.16. The highest BCUT2D eigenvalue weighted by Gasteiger charge is 2.44. The van der Waals surface area contributed by atoms with Crippen LogP contribution in [0.3, 0.4) is 0 Å². The number of rotatable bonds is 12. The zero-order chi connectivity index (χ0) is 26.3. The second kappa shape index (κ2) is 13.2. The molecule has 1 aromatic heterocycles. The van der Waals surface area contributed by atoms with Gasteiger partial charge in [-0.15, -0.1) is 11.8 Å². The Morgan fingerprint density at radius 3 is 2.56 bits per heavy atom. The first kappa shape index (κ1) is 29.6. The third kappa shape index (κ3) is 8.80. The first-order valence-electron chi connectivity index (χ1n) is 11.6. The van der Waals surface area contributed by atoms with Gasteiger partial charge in [-0.2, -0.15) is 4.98 Å². The van der Waals surface area contributed by atoms with Gasteiger partial charge < -0.3 is 25.0 Å². The van der Waals surface area contributed by atoms with E-state index >= 15 is 0 Å². The third-order valence-electron chi connectivity index (χ3n) is 5.18. The molecule has 1 aliphatic heterocycles. The summed E-state index contributed by atoms with van der Waals surface area (Å²) in [5, 5.41) is 19.8.